The van der Waals surface area contributed by atoms with Crippen molar-refractivity contribution in [3.05, 3.63) is 36.1 Å². The summed E-state index contributed by atoms with van der Waals surface area (Å²) < 4.78 is 3.92. The maximum atomic E-state index is 6.15. The number of alkyl halides is 3. The van der Waals surface area contributed by atoms with Gasteiger partial charge in [-0.25, -0.2) is 0 Å². The molecule has 1 aromatic heterocycles. The van der Waals surface area contributed by atoms with Gasteiger partial charge in [0.25, 0.3) is 0 Å². The highest BCUT2D eigenvalue weighted by Crippen LogP contribution is 2.46. The van der Waals surface area contributed by atoms with E-state index in [1.165, 1.54) is 0 Å². The molecular weight excluding hydrogens is 293 g/mol. The van der Waals surface area contributed by atoms with Crippen LogP contribution in [-0.2, 0) is 5.41 Å². The van der Waals surface area contributed by atoms with Gasteiger partial charge in [0.15, 0.2) is 0 Å². The van der Waals surface area contributed by atoms with Crippen molar-refractivity contribution in [3.63, 3.8) is 0 Å². The van der Waals surface area contributed by atoms with E-state index in [0.29, 0.717) is 6.54 Å². The first kappa shape index (κ1) is 14.0. The summed E-state index contributed by atoms with van der Waals surface area (Å²) in [5.41, 5.74) is 1.18. The van der Waals surface area contributed by atoms with Gasteiger partial charge in [-0.1, -0.05) is 47.8 Å². The molecule has 1 N–H and O–H groups in total. The predicted molar refractivity (Wildman–Crippen MR) is 77.8 cm³/mol. The van der Waals surface area contributed by atoms with E-state index in [2.05, 4.69) is 5.32 Å². The second-order valence-electron chi connectivity index (χ2n) is 4.53. The molecule has 1 unspecified atom stereocenters. The van der Waals surface area contributed by atoms with Gasteiger partial charge in [-0.3, -0.25) is 0 Å². The molecule has 1 heterocycles. The van der Waals surface area contributed by atoms with Crippen LogP contribution >= 0.6 is 34.8 Å². The molecule has 0 aliphatic rings. The normalized spacial score (nSPS) is 15.8. The molecule has 1 aromatic carbocycles. The fraction of sp³-hybridized carbons (Fsp3) is 0.385. The average molecular weight is 307 g/mol. The lowest BCUT2D eigenvalue weighted by molar-refractivity contribution is 0.457. The topological polar surface area (TPSA) is 25.2 Å². The van der Waals surface area contributed by atoms with Crippen LogP contribution in [0.1, 0.15) is 12.5 Å². The molecule has 2 aromatic rings. The fourth-order valence-electron chi connectivity index (χ4n) is 2.03. The molecule has 0 amide bonds. The number of hydrogen-bond donors (Lipinski definition) is 1. The Labute approximate surface area is 121 Å². The summed E-state index contributed by atoms with van der Waals surface area (Å²) in [6, 6.07) is 7.73. The van der Waals surface area contributed by atoms with Crippen LogP contribution in [0.5, 0.6) is 0 Å². The first-order chi connectivity index (χ1) is 8.38. The smallest absolute Gasteiger partial charge is 0.201 e. The monoisotopic (exact) mass is 305 g/mol. The fourth-order valence-corrected chi connectivity index (χ4v) is 2.56. The average Bonchev–Trinajstić information content (AvgIpc) is 2.74. The maximum Gasteiger partial charge on any atom is 0.201 e. The highest BCUT2D eigenvalue weighted by molar-refractivity contribution is 6.68. The Morgan fingerprint density at radius 3 is 2.56 bits per heavy atom. The Kier molecular flexibility index (Phi) is 3.84. The van der Waals surface area contributed by atoms with Crippen molar-refractivity contribution < 1.29 is 4.42 Å². The Hall–Kier alpha value is -0.410. The standard InChI is InChI=1S/C13H14Cl3NO/c1-12(8-17-2,13(14,15)16)10-3-4-11-9(7-10)5-6-18-11/h3-7,17H,8H2,1-2H3. The van der Waals surface area contributed by atoms with Gasteiger partial charge >= 0.3 is 0 Å². The third-order valence-electron chi connectivity index (χ3n) is 3.25. The quantitative estimate of drug-likeness (QED) is 0.856. The summed E-state index contributed by atoms with van der Waals surface area (Å²) in [6.45, 7) is 2.49. The van der Waals surface area contributed by atoms with Crippen LogP contribution in [0.3, 0.4) is 0 Å². The zero-order valence-electron chi connectivity index (χ0n) is 10.1. The van der Waals surface area contributed by atoms with Crippen molar-refractivity contribution in [2.24, 2.45) is 0 Å². The Bertz CT molecular complexity index is 546. The van der Waals surface area contributed by atoms with Crippen molar-refractivity contribution in [2.45, 2.75) is 16.1 Å². The zero-order chi connectivity index (χ0) is 13.4. The Morgan fingerprint density at radius 1 is 1.22 bits per heavy atom. The molecule has 0 saturated heterocycles. The van der Waals surface area contributed by atoms with Crippen molar-refractivity contribution in [1.82, 2.24) is 5.32 Å². The van der Waals surface area contributed by atoms with Crippen molar-refractivity contribution >= 4 is 45.8 Å². The zero-order valence-corrected chi connectivity index (χ0v) is 12.4. The molecule has 2 nitrogen and oxygen atoms in total. The van der Waals surface area contributed by atoms with E-state index >= 15 is 0 Å². The molecule has 18 heavy (non-hydrogen) atoms. The molecule has 0 aliphatic heterocycles. The van der Waals surface area contributed by atoms with E-state index in [1.807, 2.05) is 38.2 Å². The number of hydrogen-bond acceptors (Lipinski definition) is 2. The minimum Gasteiger partial charge on any atom is -0.464 e. The Balaban J connectivity index is 2.53. The molecule has 0 radical (unpaired) electrons. The summed E-state index contributed by atoms with van der Waals surface area (Å²) in [5, 5.41) is 4.08. The molecule has 5 heteroatoms. The molecule has 0 aliphatic carbocycles. The van der Waals surface area contributed by atoms with Crippen LogP contribution in [0.15, 0.2) is 34.9 Å². The number of furan rings is 1. The largest absolute Gasteiger partial charge is 0.464 e. The van der Waals surface area contributed by atoms with Gasteiger partial charge in [-0.2, -0.15) is 0 Å². The minimum atomic E-state index is -1.40. The Morgan fingerprint density at radius 2 is 1.94 bits per heavy atom. The number of nitrogens with one attached hydrogen (secondary N) is 1. The number of rotatable bonds is 3. The van der Waals surface area contributed by atoms with Crippen LogP contribution in [-0.4, -0.2) is 17.4 Å². The van der Waals surface area contributed by atoms with E-state index < -0.39 is 9.21 Å². The molecule has 1 atom stereocenters. The van der Waals surface area contributed by atoms with Crippen LogP contribution in [0.2, 0.25) is 0 Å². The third-order valence-corrected chi connectivity index (χ3v) is 4.50. The lowest BCUT2D eigenvalue weighted by atomic mass is 9.83. The molecule has 0 spiro atoms. The summed E-state index contributed by atoms with van der Waals surface area (Å²) in [6.07, 6.45) is 1.65. The SMILES string of the molecule is CNCC(C)(c1ccc2occc2c1)C(Cl)(Cl)Cl. The highest BCUT2D eigenvalue weighted by atomic mass is 35.6. The second kappa shape index (κ2) is 4.93. The van der Waals surface area contributed by atoms with Gasteiger partial charge in [0.2, 0.25) is 3.79 Å². The summed E-state index contributed by atoms with van der Waals surface area (Å²) in [4.78, 5) is 0. The summed E-state index contributed by atoms with van der Waals surface area (Å²) in [5.74, 6) is 0. The van der Waals surface area contributed by atoms with Gasteiger partial charge in [0.05, 0.1) is 11.7 Å². The van der Waals surface area contributed by atoms with Crippen LogP contribution in [0.4, 0.5) is 0 Å². The van der Waals surface area contributed by atoms with Gasteiger partial charge in [0, 0.05) is 11.9 Å². The predicted octanol–water partition coefficient (Wildman–Crippen LogP) is 4.28. The van der Waals surface area contributed by atoms with Crippen LogP contribution in [0, 0.1) is 0 Å². The highest BCUT2D eigenvalue weighted by Gasteiger charge is 2.45. The van der Waals surface area contributed by atoms with E-state index in [0.717, 1.165) is 16.5 Å². The lowest BCUT2D eigenvalue weighted by Crippen LogP contribution is -2.44. The van der Waals surface area contributed by atoms with E-state index in [1.54, 1.807) is 6.26 Å². The van der Waals surface area contributed by atoms with Crippen molar-refractivity contribution in [3.8, 4) is 0 Å². The van der Waals surface area contributed by atoms with Gasteiger partial charge in [0.1, 0.15) is 5.58 Å². The lowest BCUT2D eigenvalue weighted by Gasteiger charge is -2.36. The van der Waals surface area contributed by atoms with E-state index in [9.17, 15) is 0 Å². The molecule has 2 rings (SSSR count). The maximum absolute atomic E-state index is 6.15. The van der Waals surface area contributed by atoms with Crippen molar-refractivity contribution in [2.75, 3.05) is 13.6 Å². The van der Waals surface area contributed by atoms with E-state index in [4.69, 9.17) is 39.2 Å². The summed E-state index contributed by atoms with van der Waals surface area (Å²) in [7, 11) is 1.84. The van der Waals surface area contributed by atoms with Gasteiger partial charge < -0.3 is 9.73 Å². The number of benzene rings is 1. The number of likely N-dealkylation sites (N-methyl/N-ethyl adjacent to an activating group) is 1. The van der Waals surface area contributed by atoms with Crippen molar-refractivity contribution in [1.29, 1.82) is 0 Å². The molecule has 0 bridgehead atoms. The minimum absolute atomic E-state index is 0.562. The molecule has 0 fully saturated rings. The second-order valence-corrected chi connectivity index (χ2v) is 6.81. The van der Waals surface area contributed by atoms with Gasteiger partial charge in [-0.15, -0.1) is 0 Å². The summed E-state index contributed by atoms with van der Waals surface area (Å²) >= 11 is 18.4. The first-order valence-corrected chi connectivity index (χ1v) is 6.71. The first-order valence-electron chi connectivity index (χ1n) is 5.57. The molecule has 0 saturated carbocycles. The third kappa shape index (κ3) is 2.35. The van der Waals surface area contributed by atoms with Crippen LogP contribution < -0.4 is 5.32 Å². The molecule has 98 valence electrons. The van der Waals surface area contributed by atoms with Gasteiger partial charge in [-0.05, 0) is 30.8 Å². The number of fused-ring (bicyclic) bond motifs is 1. The number of halogens is 3. The van der Waals surface area contributed by atoms with E-state index in [-0.39, 0.29) is 0 Å². The molecular formula is C13H14Cl3NO. The van der Waals surface area contributed by atoms with Crippen LogP contribution in [0.25, 0.3) is 11.0 Å².